The van der Waals surface area contributed by atoms with Crippen molar-refractivity contribution in [3.8, 4) is 11.5 Å². The van der Waals surface area contributed by atoms with Crippen molar-refractivity contribution in [2.45, 2.75) is 32.6 Å². The summed E-state index contributed by atoms with van der Waals surface area (Å²) in [6.07, 6.45) is 0.199. The topological polar surface area (TPSA) is 60.5 Å². The summed E-state index contributed by atoms with van der Waals surface area (Å²) >= 11 is 1.43. The summed E-state index contributed by atoms with van der Waals surface area (Å²) in [5, 5.41) is 5.43. The van der Waals surface area contributed by atoms with E-state index in [1.807, 2.05) is 5.38 Å². The zero-order valence-electron chi connectivity index (χ0n) is 14.1. The molecule has 0 aliphatic heterocycles. The van der Waals surface area contributed by atoms with Crippen LogP contribution in [0.1, 0.15) is 32.0 Å². The van der Waals surface area contributed by atoms with E-state index in [2.05, 4.69) is 31.1 Å². The second-order valence-corrected chi connectivity index (χ2v) is 7.05. The molecule has 0 aliphatic carbocycles. The quantitative estimate of drug-likeness (QED) is 0.907. The number of thiazole rings is 1. The molecular weight excluding hydrogens is 312 g/mol. The number of nitrogens with zero attached hydrogens (tertiary/aromatic N) is 1. The summed E-state index contributed by atoms with van der Waals surface area (Å²) < 4.78 is 10.5. The van der Waals surface area contributed by atoms with Crippen LogP contribution >= 0.6 is 11.3 Å². The van der Waals surface area contributed by atoms with Crippen molar-refractivity contribution in [2.75, 3.05) is 19.5 Å². The van der Waals surface area contributed by atoms with E-state index in [4.69, 9.17) is 9.47 Å². The van der Waals surface area contributed by atoms with Crippen molar-refractivity contribution >= 4 is 22.4 Å². The first kappa shape index (κ1) is 17.3. The number of hydrogen-bond acceptors (Lipinski definition) is 5. The highest BCUT2D eigenvalue weighted by atomic mass is 32.1. The van der Waals surface area contributed by atoms with Crippen LogP contribution in [-0.4, -0.2) is 25.1 Å². The summed E-state index contributed by atoms with van der Waals surface area (Å²) in [4.78, 5) is 16.7. The Bertz CT molecular complexity index is 689. The van der Waals surface area contributed by atoms with Crippen molar-refractivity contribution in [1.29, 1.82) is 0 Å². The summed E-state index contributed by atoms with van der Waals surface area (Å²) in [6.45, 7) is 6.28. The Hall–Kier alpha value is -2.08. The molecule has 0 bridgehead atoms. The number of carbonyl (C=O) groups is 1. The van der Waals surface area contributed by atoms with Crippen LogP contribution < -0.4 is 14.8 Å². The fraction of sp³-hybridized carbons (Fsp3) is 0.412. The molecule has 0 saturated carbocycles. The van der Waals surface area contributed by atoms with Crippen molar-refractivity contribution < 1.29 is 14.3 Å². The van der Waals surface area contributed by atoms with Crippen molar-refractivity contribution in [1.82, 2.24) is 4.98 Å². The maximum absolute atomic E-state index is 12.3. The highest BCUT2D eigenvalue weighted by Gasteiger charge is 2.18. The lowest BCUT2D eigenvalue weighted by Gasteiger charge is -2.14. The van der Waals surface area contributed by atoms with Gasteiger partial charge in [-0.25, -0.2) is 4.98 Å². The minimum absolute atomic E-state index is 0.0322. The van der Waals surface area contributed by atoms with E-state index in [1.165, 1.54) is 11.3 Å². The Morgan fingerprint density at radius 3 is 2.57 bits per heavy atom. The fourth-order valence-corrected chi connectivity index (χ4v) is 2.99. The Labute approximate surface area is 140 Å². The van der Waals surface area contributed by atoms with Crippen molar-refractivity contribution in [2.24, 2.45) is 0 Å². The molecule has 23 heavy (non-hydrogen) atoms. The highest BCUT2D eigenvalue weighted by Crippen LogP contribution is 2.27. The third-order valence-electron chi connectivity index (χ3n) is 3.36. The monoisotopic (exact) mass is 334 g/mol. The SMILES string of the molecule is COc1ccc(OC)c(CC(=O)Nc2nc(C(C)(C)C)cs2)c1. The second-order valence-electron chi connectivity index (χ2n) is 6.19. The van der Waals surface area contributed by atoms with Gasteiger partial charge < -0.3 is 14.8 Å². The van der Waals surface area contributed by atoms with E-state index in [9.17, 15) is 4.79 Å². The van der Waals surface area contributed by atoms with Gasteiger partial charge in [0.15, 0.2) is 5.13 Å². The second kappa shape index (κ2) is 7.00. The summed E-state index contributed by atoms with van der Waals surface area (Å²) in [7, 11) is 3.18. The first-order valence-electron chi connectivity index (χ1n) is 7.30. The van der Waals surface area contributed by atoms with Gasteiger partial charge in [-0.1, -0.05) is 20.8 Å². The predicted molar refractivity (Wildman–Crippen MR) is 92.7 cm³/mol. The molecule has 0 unspecified atom stereocenters. The lowest BCUT2D eigenvalue weighted by atomic mass is 9.93. The number of ether oxygens (including phenoxy) is 2. The average molecular weight is 334 g/mol. The molecule has 0 saturated heterocycles. The summed E-state index contributed by atoms with van der Waals surface area (Å²) in [5.41, 5.74) is 1.71. The average Bonchev–Trinajstić information content (AvgIpc) is 2.95. The lowest BCUT2D eigenvalue weighted by Crippen LogP contribution is -2.16. The molecular formula is C17H22N2O3S. The molecule has 2 aromatic rings. The summed E-state index contributed by atoms with van der Waals surface area (Å²) in [5.74, 6) is 1.22. The molecule has 1 aromatic heterocycles. The number of rotatable bonds is 5. The zero-order chi connectivity index (χ0) is 17.0. The molecule has 124 valence electrons. The molecule has 0 atom stereocenters. The number of aromatic nitrogens is 1. The maximum atomic E-state index is 12.3. The Kier molecular flexibility index (Phi) is 5.26. The molecule has 1 amide bonds. The minimum atomic E-state index is -0.133. The van der Waals surface area contributed by atoms with Crippen LogP contribution in [0, 0.1) is 0 Å². The molecule has 1 heterocycles. The van der Waals surface area contributed by atoms with E-state index in [-0.39, 0.29) is 17.7 Å². The maximum Gasteiger partial charge on any atom is 0.230 e. The van der Waals surface area contributed by atoms with Crippen LogP contribution in [0.5, 0.6) is 11.5 Å². The summed E-state index contributed by atoms with van der Waals surface area (Å²) in [6, 6.07) is 5.40. The van der Waals surface area contributed by atoms with Crippen LogP contribution in [0.15, 0.2) is 23.6 Å². The third kappa shape index (κ3) is 4.45. The molecule has 2 rings (SSSR count). The van der Waals surface area contributed by atoms with Gasteiger partial charge in [0.25, 0.3) is 0 Å². The number of carbonyl (C=O) groups excluding carboxylic acids is 1. The van der Waals surface area contributed by atoms with E-state index in [1.54, 1.807) is 32.4 Å². The molecule has 0 aliphatic rings. The number of amides is 1. The number of hydrogen-bond donors (Lipinski definition) is 1. The van der Waals surface area contributed by atoms with Gasteiger partial charge in [0, 0.05) is 16.4 Å². The van der Waals surface area contributed by atoms with E-state index < -0.39 is 0 Å². The highest BCUT2D eigenvalue weighted by molar-refractivity contribution is 7.13. The minimum Gasteiger partial charge on any atom is -0.497 e. The third-order valence-corrected chi connectivity index (χ3v) is 4.12. The standard InChI is InChI=1S/C17H22N2O3S/c1-17(2,3)14-10-23-16(18-14)19-15(20)9-11-8-12(21-4)6-7-13(11)22-5/h6-8,10H,9H2,1-5H3,(H,18,19,20). The molecule has 1 aromatic carbocycles. The van der Waals surface area contributed by atoms with Gasteiger partial charge in [0.05, 0.1) is 26.3 Å². The Morgan fingerprint density at radius 1 is 1.26 bits per heavy atom. The zero-order valence-corrected chi connectivity index (χ0v) is 14.9. The van der Waals surface area contributed by atoms with Crippen LogP contribution in [-0.2, 0) is 16.6 Å². The van der Waals surface area contributed by atoms with E-state index in [0.717, 1.165) is 11.3 Å². The number of anilines is 1. The normalized spacial score (nSPS) is 11.2. The van der Waals surface area contributed by atoms with E-state index in [0.29, 0.717) is 16.6 Å². The van der Waals surface area contributed by atoms with Gasteiger partial charge in [-0.15, -0.1) is 11.3 Å². The molecule has 0 fully saturated rings. The molecule has 5 nitrogen and oxygen atoms in total. The molecule has 1 N–H and O–H groups in total. The Balaban J connectivity index is 2.09. The number of benzene rings is 1. The Morgan fingerprint density at radius 2 is 2.00 bits per heavy atom. The lowest BCUT2D eigenvalue weighted by molar-refractivity contribution is -0.115. The number of nitrogens with one attached hydrogen (secondary N) is 1. The van der Waals surface area contributed by atoms with Crippen molar-refractivity contribution in [3.05, 3.63) is 34.8 Å². The first-order valence-corrected chi connectivity index (χ1v) is 8.18. The van der Waals surface area contributed by atoms with Gasteiger partial charge >= 0.3 is 0 Å². The van der Waals surface area contributed by atoms with Gasteiger partial charge in [-0.05, 0) is 18.2 Å². The molecule has 0 radical (unpaired) electrons. The van der Waals surface area contributed by atoms with Gasteiger partial charge in [0.1, 0.15) is 11.5 Å². The van der Waals surface area contributed by atoms with Crippen LogP contribution in [0.2, 0.25) is 0 Å². The first-order chi connectivity index (χ1) is 10.8. The van der Waals surface area contributed by atoms with E-state index >= 15 is 0 Å². The number of methoxy groups -OCH3 is 2. The van der Waals surface area contributed by atoms with Crippen LogP contribution in [0.3, 0.4) is 0 Å². The van der Waals surface area contributed by atoms with Crippen LogP contribution in [0.4, 0.5) is 5.13 Å². The smallest absolute Gasteiger partial charge is 0.230 e. The molecule has 6 heteroatoms. The van der Waals surface area contributed by atoms with Gasteiger partial charge in [-0.2, -0.15) is 0 Å². The predicted octanol–water partition coefficient (Wildman–Crippen LogP) is 3.64. The largest absolute Gasteiger partial charge is 0.497 e. The van der Waals surface area contributed by atoms with Crippen molar-refractivity contribution in [3.63, 3.8) is 0 Å². The van der Waals surface area contributed by atoms with Crippen LogP contribution in [0.25, 0.3) is 0 Å². The fourth-order valence-electron chi connectivity index (χ4n) is 2.03. The van der Waals surface area contributed by atoms with Gasteiger partial charge in [0.2, 0.25) is 5.91 Å². The van der Waals surface area contributed by atoms with Gasteiger partial charge in [-0.3, -0.25) is 4.79 Å². The molecule has 0 spiro atoms.